The summed E-state index contributed by atoms with van der Waals surface area (Å²) >= 11 is 5.93. The molecule has 0 bridgehead atoms. The number of methoxy groups -OCH3 is 1. The Hall–Kier alpha value is -1.43. The van der Waals surface area contributed by atoms with Crippen LogP contribution in [0.5, 0.6) is 0 Å². The first-order chi connectivity index (χ1) is 10.2. The number of rotatable bonds is 4. The van der Waals surface area contributed by atoms with E-state index in [0.29, 0.717) is 11.6 Å². The SMILES string of the molecule is CO[C@@H]1CC(c2ncc[nH]2)N(Cc2cc(F)cc(Cl)c2)C1. The molecule has 1 aliphatic heterocycles. The van der Waals surface area contributed by atoms with E-state index < -0.39 is 0 Å². The van der Waals surface area contributed by atoms with Crippen LogP contribution in [0.15, 0.2) is 30.6 Å². The molecular formula is C15H17ClFN3O. The van der Waals surface area contributed by atoms with Gasteiger partial charge in [0.25, 0.3) is 0 Å². The molecule has 6 heteroatoms. The van der Waals surface area contributed by atoms with Gasteiger partial charge < -0.3 is 9.72 Å². The maximum atomic E-state index is 13.5. The van der Waals surface area contributed by atoms with Crippen molar-refractivity contribution in [2.24, 2.45) is 0 Å². The third-order valence-electron chi connectivity index (χ3n) is 3.84. The first-order valence-corrected chi connectivity index (χ1v) is 7.24. The van der Waals surface area contributed by atoms with Gasteiger partial charge in [-0.15, -0.1) is 0 Å². The van der Waals surface area contributed by atoms with Crippen molar-refractivity contribution in [1.82, 2.24) is 14.9 Å². The Morgan fingerprint density at radius 3 is 3.00 bits per heavy atom. The molecule has 1 aromatic heterocycles. The maximum absolute atomic E-state index is 13.5. The summed E-state index contributed by atoms with van der Waals surface area (Å²) in [6, 6.07) is 4.78. The topological polar surface area (TPSA) is 41.1 Å². The minimum Gasteiger partial charge on any atom is -0.380 e. The molecule has 1 unspecified atom stereocenters. The van der Waals surface area contributed by atoms with Crippen molar-refractivity contribution in [3.63, 3.8) is 0 Å². The van der Waals surface area contributed by atoms with Crippen LogP contribution >= 0.6 is 11.6 Å². The highest BCUT2D eigenvalue weighted by Gasteiger charge is 2.34. The van der Waals surface area contributed by atoms with Crippen LogP contribution in [0.4, 0.5) is 4.39 Å². The third-order valence-corrected chi connectivity index (χ3v) is 4.06. The van der Waals surface area contributed by atoms with E-state index in [1.165, 1.54) is 12.1 Å². The van der Waals surface area contributed by atoms with Gasteiger partial charge in [0.15, 0.2) is 0 Å². The fourth-order valence-electron chi connectivity index (χ4n) is 2.89. The van der Waals surface area contributed by atoms with Gasteiger partial charge in [-0.05, 0) is 30.2 Å². The van der Waals surface area contributed by atoms with Gasteiger partial charge in [-0.1, -0.05) is 11.6 Å². The van der Waals surface area contributed by atoms with E-state index in [0.717, 1.165) is 24.4 Å². The van der Waals surface area contributed by atoms with E-state index in [9.17, 15) is 4.39 Å². The van der Waals surface area contributed by atoms with Crippen LogP contribution in [0.2, 0.25) is 5.02 Å². The number of ether oxygens (including phenoxy) is 1. The summed E-state index contributed by atoms with van der Waals surface area (Å²) in [6.45, 7) is 1.40. The lowest BCUT2D eigenvalue weighted by atomic mass is 10.1. The Kier molecular flexibility index (Phi) is 4.24. The number of H-pyrrole nitrogens is 1. The van der Waals surface area contributed by atoms with Crippen molar-refractivity contribution in [1.29, 1.82) is 0 Å². The fraction of sp³-hybridized carbons (Fsp3) is 0.400. The van der Waals surface area contributed by atoms with Gasteiger partial charge in [0, 0.05) is 37.6 Å². The summed E-state index contributed by atoms with van der Waals surface area (Å²) in [5.74, 6) is 0.603. The second-order valence-electron chi connectivity index (χ2n) is 5.29. The summed E-state index contributed by atoms with van der Waals surface area (Å²) in [5.41, 5.74) is 0.855. The molecule has 2 heterocycles. The second kappa shape index (κ2) is 6.13. The van der Waals surface area contributed by atoms with Crippen molar-refractivity contribution >= 4 is 11.6 Å². The van der Waals surface area contributed by atoms with Crippen LogP contribution in [0, 0.1) is 5.82 Å². The van der Waals surface area contributed by atoms with Crippen LogP contribution in [-0.4, -0.2) is 34.6 Å². The minimum atomic E-state index is -0.311. The predicted molar refractivity (Wildman–Crippen MR) is 78.6 cm³/mol. The average molecular weight is 310 g/mol. The molecule has 1 fully saturated rings. The Morgan fingerprint density at radius 2 is 2.33 bits per heavy atom. The van der Waals surface area contributed by atoms with E-state index in [1.54, 1.807) is 19.4 Å². The van der Waals surface area contributed by atoms with Crippen LogP contribution in [-0.2, 0) is 11.3 Å². The molecule has 1 aromatic carbocycles. The minimum absolute atomic E-state index is 0.145. The van der Waals surface area contributed by atoms with Gasteiger partial charge in [-0.25, -0.2) is 9.37 Å². The van der Waals surface area contributed by atoms with Crippen LogP contribution in [0.3, 0.4) is 0 Å². The molecular weight excluding hydrogens is 293 g/mol. The molecule has 4 nitrogen and oxygen atoms in total. The lowest BCUT2D eigenvalue weighted by Crippen LogP contribution is -2.25. The van der Waals surface area contributed by atoms with E-state index in [1.807, 2.05) is 6.20 Å². The summed E-state index contributed by atoms with van der Waals surface area (Å²) < 4.78 is 18.9. The summed E-state index contributed by atoms with van der Waals surface area (Å²) in [5, 5.41) is 0.419. The highest BCUT2D eigenvalue weighted by Crippen LogP contribution is 2.33. The van der Waals surface area contributed by atoms with Gasteiger partial charge in [-0.3, -0.25) is 4.90 Å². The normalized spacial score (nSPS) is 22.8. The van der Waals surface area contributed by atoms with E-state index >= 15 is 0 Å². The van der Waals surface area contributed by atoms with Crippen molar-refractivity contribution in [2.75, 3.05) is 13.7 Å². The Bertz CT molecular complexity index is 585. The van der Waals surface area contributed by atoms with Gasteiger partial charge in [0.05, 0.1) is 12.1 Å². The number of nitrogens with zero attached hydrogens (tertiary/aromatic N) is 2. The summed E-state index contributed by atoms with van der Waals surface area (Å²) in [7, 11) is 1.71. The molecule has 0 radical (unpaired) electrons. The van der Waals surface area contributed by atoms with E-state index in [-0.39, 0.29) is 18.0 Å². The molecule has 1 saturated heterocycles. The first-order valence-electron chi connectivity index (χ1n) is 6.87. The van der Waals surface area contributed by atoms with Gasteiger partial charge in [0.2, 0.25) is 0 Å². The number of hydrogen-bond donors (Lipinski definition) is 1. The number of nitrogens with one attached hydrogen (secondary N) is 1. The van der Waals surface area contributed by atoms with Crippen molar-refractivity contribution < 1.29 is 9.13 Å². The average Bonchev–Trinajstić information content (AvgIpc) is 3.05. The molecule has 3 rings (SSSR count). The molecule has 0 saturated carbocycles. The zero-order valence-corrected chi connectivity index (χ0v) is 12.5. The van der Waals surface area contributed by atoms with Crippen molar-refractivity contribution in [3.8, 4) is 0 Å². The molecule has 21 heavy (non-hydrogen) atoms. The van der Waals surface area contributed by atoms with Gasteiger partial charge >= 0.3 is 0 Å². The predicted octanol–water partition coefficient (Wildman–Crippen LogP) is 3.16. The van der Waals surface area contributed by atoms with Gasteiger partial charge in [0.1, 0.15) is 11.6 Å². The molecule has 2 aromatic rings. The fourth-order valence-corrected chi connectivity index (χ4v) is 3.13. The number of halogens is 2. The smallest absolute Gasteiger partial charge is 0.125 e. The van der Waals surface area contributed by atoms with E-state index in [2.05, 4.69) is 14.9 Å². The zero-order chi connectivity index (χ0) is 14.8. The quantitative estimate of drug-likeness (QED) is 0.943. The lowest BCUT2D eigenvalue weighted by molar-refractivity contribution is 0.107. The number of imidazole rings is 1. The standard InChI is InChI=1S/C15H17ClFN3O/c1-21-13-7-14(15-18-2-3-19-15)20(9-13)8-10-4-11(16)6-12(17)5-10/h2-6,13-14H,7-9H2,1H3,(H,18,19)/t13-,14?/m1/s1. The Balaban J connectivity index is 1.81. The summed E-state index contributed by atoms with van der Waals surface area (Å²) in [4.78, 5) is 9.73. The van der Waals surface area contributed by atoms with Crippen molar-refractivity contribution in [3.05, 3.63) is 52.8 Å². The maximum Gasteiger partial charge on any atom is 0.125 e. The molecule has 0 spiro atoms. The molecule has 1 N–H and O–H groups in total. The van der Waals surface area contributed by atoms with Gasteiger partial charge in [-0.2, -0.15) is 0 Å². The highest BCUT2D eigenvalue weighted by atomic mass is 35.5. The van der Waals surface area contributed by atoms with Crippen LogP contribution < -0.4 is 0 Å². The zero-order valence-electron chi connectivity index (χ0n) is 11.7. The molecule has 1 aliphatic rings. The Morgan fingerprint density at radius 1 is 1.48 bits per heavy atom. The van der Waals surface area contributed by atoms with E-state index in [4.69, 9.17) is 16.3 Å². The second-order valence-corrected chi connectivity index (χ2v) is 5.73. The highest BCUT2D eigenvalue weighted by molar-refractivity contribution is 6.30. The molecule has 0 aliphatic carbocycles. The van der Waals surface area contributed by atoms with Crippen molar-refractivity contribution in [2.45, 2.75) is 25.1 Å². The number of aromatic nitrogens is 2. The molecule has 0 amide bonds. The number of benzene rings is 1. The number of likely N-dealkylation sites (tertiary alicyclic amines) is 1. The lowest BCUT2D eigenvalue weighted by Gasteiger charge is -2.22. The monoisotopic (exact) mass is 309 g/mol. The first kappa shape index (κ1) is 14.5. The largest absolute Gasteiger partial charge is 0.380 e. The van der Waals surface area contributed by atoms with Crippen LogP contribution in [0.25, 0.3) is 0 Å². The third kappa shape index (κ3) is 3.26. The molecule has 112 valence electrons. The number of hydrogen-bond acceptors (Lipinski definition) is 3. The Labute approximate surface area is 127 Å². The van der Waals surface area contributed by atoms with Crippen LogP contribution in [0.1, 0.15) is 23.9 Å². The summed E-state index contributed by atoms with van der Waals surface area (Å²) in [6.07, 6.45) is 4.58. The number of aromatic amines is 1. The molecule has 2 atom stereocenters.